The van der Waals surface area contributed by atoms with Crippen LogP contribution in [0.3, 0.4) is 0 Å². The third kappa shape index (κ3) is 6.77. The molecule has 4 aromatic rings. The molecule has 2 heterocycles. The largest absolute Gasteiger partial charge is 0.467 e. The lowest BCUT2D eigenvalue weighted by Gasteiger charge is -2.24. The van der Waals surface area contributed by atoms with Crippen LogP contribution in [0, 0.1) is 12.8 Å². The number of hydrogen-bond acceptors (Lipinski definition) is 5. The van der Waals surface area contributed by atoms with Crippen molar-refractivity contribution in [3.05, 3.63) is 107 Å². The summed E-state index contributed by atoms with van der Waals surface area (Å²) in [6, 6.07) is 20.7. The fourth-order valence-electron chi connectivity index (χ4n) is 4.24. The Morgan fingerprint density at radius 2 is 1.73 bits per heavy atom. The Hall–Kier alpha value is -3.65. The summed E-state index contributed by atoms with van der Waals surface area (Å²) in [4.78, 5) is 19.3. The molecule has 0 spiro atoms. The zero-order valence-corrected chi connectivity index (χ0v) is 22.3. The van der Waals surface area contributed by atoms with Gasteiger partial charge in [0, 0.05) is 6.42 Å². The van der Waals surface area contributed by atoms with Crippen LogP contribution < -0.4 is 0 Å². The van der Waals surface area contributed by atoms with Gasteiger partial charge in [-0.15, -0.1) is 0 Å². The molecule has 0 saturated carbocycles. The standard InChI is InChI=1S/C29H33N3O4S/c1-22(2)16-28(33)31(20-27-14-9-15-36-27)19-26-17-30-29(32(26)18-24-11-5-4-6-12-24)37(34,35)21-25-13-8-7-10-23(25)3/h4-15,17,22H,16,18-21H2,1-3H3. The first-order valence-corrected chi connectivity index (χ1v) is 14.0. The summed E-state index contributed by atoms with van der Waals surface area (Å²) in [5, 5.41) is 0.00358. The minimum atomic E-state index is -3.76. The van der Waals surface area contributed by atoms with E-state index in [4.69, 9.17) is 4.42 Å². The Labute approximate surface area is 218 Å². The molecule has 0 atom stereocenters. The quantitative estimate of drug-likeness (QED) is 0.266. The number of imidazole rings is 1. The van der Waals surface area contributed by atoms with Crippen molar-refractivity contribution in [1.82, 2.24) is 14.5 Å². The van der Waals surface area contributed by atoms with Crippen molar-refractivity contribution in [2.24, 2.45) is 5.92 Å². The summed E-state index contributed by atoms with van der Waals surface area (Å²) in [5.74, 6) is 0.681. The van der Waals surface area contributed by atoms with Crippen molar-refractivity contribution in [3.8, 4) is 0 Å². The zero-order valence-electron chi connectivity index (χ0n) is 21.5. The minimum Gasteiger partial charge on any atom is -0.467 e. The third-order valence-electron chi connectivity index (χ3n) is 6.19. The molecule has 0 N–H and O–H groups in total. The molecule has 0 aliphatic carbocycles. The molecule has 0 unspecified atom stereocenters. The van der Waals surface area contributed by atoms with Gasteiger partial charge in [-0.25, -0.2) is 13.4 Å². The van der Waals surface area contributed by atoms with E-state index < -0.39 is 9.84 Å². The number of amides is 1. The molecule has 0 aliphatic rings. The van der Waals surface area contributed by atoms with Crippen molar-refractivity contribution < 1.29 is 17.6 Å². The molecule has 37 heavy (non-hydrogen) atoms. The maximum absolute atomic E-state index is 13.6. The Bertz CT molecular complexity index is 1430. The molecule has 0 radical (unpaired) electrons. The van der Waals surface area contributed by atoms with Crippen LogP contribution in [0.25, 0.3) is 0 Å². The van der Waals surface area contributed by atoms with Gasteiger partial charge in [0.1, 0.15) is 5.76 Å². The Balaban J connectivity index is 1.71. The highest BCUT2D eigenvalue weighted by Crippen LogP contribution is 2.23. The van der Waals surface area contributed by atoms with Crippen molar-refractivity contribution >= 4 is 15.7 Å². The number of carbonyl (C=O) groups is 1. The molecule has 194 valence electrons. The van der Waals surface area contributed by atoms with Crippen LogP contribution in [0.1, 0.15) is 48.4 Å². The topological polar surface area (TPSA) is 85.4 Å². The van der Waals surface area contributed by atoms with Gasteiger partial charge >= 0.3 is 0 Å². The van der Waals surface area contributed by atoms with Crippen molar-refractivity contribution in [2.45, 2.75) is 57.7 Å². The van der Waals surface area contributed by atoms with Gasteiger partial charge in [0.15, 0.2) is 0 Å². The van der Waals surface area contributed by atoms with E-state index in [9.17, 15) is 13.2 Å². The minimum absolute atomic E-state index is 0.00358. The van der Waals surface area contributed by atoms with Crippen LogP contribution in [0.2, 0.25) is 0 Å². The van der Waals surface area contributed by atoms with Gasteiger partial charge in [-0.3, -0.25) is 4.79 Å². The highest BCUT2D eigenvalue weighted by molar-refractivity contribution is 7.90. The number of sulfone groups is 1. The molecular formula is C29H33N3O4S. The monoisotopic (exact) mass is 519 g/mol. The van der Waals surface area contributed by atoms with Gasteiger partial charge in [-0.05, 0) is 41.7 Å². The number of nitrogens with zero attached hydrogens (tertiary/aromatic N) is 3. The summed E-state index contributed by atoms with van der Waals surface area (Å²) in [6.07, 6.45) is 3.54. The Morgan fingerprint density at radius 1 is 1.00 bits per heavy atom. The summed E-state index contributed by atoms with van der Waals surface area (Å²) in [6.45, 7) is 6.73. The predicted molar refractivity (Wildman–Crippen MR) is 142 cm³/mol. The second-order valence-corrected chi connectivity index (χ2v) is 11.6. The molecular weight excluding hydrogens is 486 g/mol. The van der Waals surface area contributed by atoms with Gasteiger partial charge in [0.05, 0.1) is 43.5 Å². The van der Waals surface area contributed by atoms with E-state index in [1.807, 2.05) is 81.4 Å². The predicted octanol–water partition coefficient (Wildman–Crippen LogP) is 5.38. The average molecular weight is 520 g/mol. The summed E-state index contributed by atoms with van der Waals surface area (Å²) in [7, 11) is -3.76. The second-order valence-electron chi connectivity index (χ2n) is 9.72. The van der Waals surface area contributed by atoms with Crippen molar-refractivity contribution in [2.75, 3.05) is 0 Å². The lowest BCUT2D eigenvalue weighted by atomic mass is 10.1. The van der Waals surface area contributed by atoms with E-state index in [2.05, 4.69) is 4.98 Å². The first-order valence-electron chi connectivity index (χ1n) is 12.4. The zero-order chi connectivity index (χ0) is 26.4. The number of benzene rings is 2. The number of hydrogen-bond donors (Lipinski definition) is 0. The molecule has 4 rings (SSSR count). The first-order chi connectivity index (χ1) is 17.7. The third-order valence-corrected chi connectivity index (χ3v) is 7.76. The van der Waals surface area contributed by atoms with Crippen LogP contribution in [0.4, 0.5) is 0 Å². The van der Waals surface area contributed by atoms with Gasteiger partial charge in [0.2, 0.25) is 20.9 Å². The lowest BCUT2D eigenvalue weighted by Crippen LogP contribution is -2.32. The van der Waals surface area contributed by atoms with Crippen LogP contribution in [0.5, 0.6) is 0 Å². The van der Waals surface area contributed by atoms with Gasteiger partial charge in [-0.2, -0.15) is 0 Å². The molecule has 7 nitrogen and oxygen atoms in total. The van der Waals surface area contributed by atoms with E-state index in [1.54, 1.807) is 28.0 Å². The fraction of sp³-hybridized carbons (Fsp3) is 0.310. The lowest BCUT2D eigenvalue weighted by molar-refractivity contribution is -0.133. The Kier molecular flexibility index (Phi) is 8.28. The van der Waals surface area contributed by atoms with Crippen LogP contribution in [-0.2, 0) is 40.0 Å². The molecule has 0 fully saturated rings. The normalized spacial score (nSPS) is 11.7. The van der Waals surface area contributed by atoms with E-state index in [-0.39, 0.29) is 29.3 Å². The van der Waals surface area contributed by atoms with Crippen LogP contribution in [-0.4, -0.2) is 28.8 Å². The summed E-state index contributed by atoms with van der Waals surface area (Å²) < 4.78 is 34.5. The van der Waals surface area contributed by atoms with Gasteiger partial charge in [0.25, 0.3) is 0 Å². The second kappa shape index (κ2) is 11.6. The number of rotatable bonds is 11. The van der Waals surface area contributed by atoms with Crippen molar-refractivity contribution in [1.29, 1.82) is 0 Å². The highest BCUT2D eigenvalue weighted by Gasteiger charge is 2.27. The first kappa shape index (κ1) is 26.4. The maximum atomic E-state index is 13.6. The van der Waals surface area contributed by atoms with Crippen LogP contribution in [0.15, 0.2) is 88.8 Å². The van der Waals surface area contributed by atoms with Gasteiger partial charge in [-0.1, -0.05) is 68.4 Å². The number of aromatic nitrogens is 2. The highest BCUT2D eigenvalue weighted by atomic mass is 32.2. The van der Waals surface area contributed by atoms with E-state index in [0.717, 1.165) is 16.7 Å². The molecule has 2 aromatic heterocycles. The van der Waals surface area contributed by atoms with Crippen molar-refractivity contribution in [3.63, 3.8) is 0 Å². The Morgan fingerprint density at radius 3 is 2.41 bits per heavy atom. The smallest absolute Gasteiger partial charge is 0.228 e. The molecule has 0 saturated heterocycles. The van der Waals surface area contributed by atoms with E-state index >= 15 is 0 Å². The SMILES string of the molecule is Cc1ccccc1CS(=O)(=O)c1ncc(CN(Cc2ccco2)C(=O)CC(C)C)n1Cc1ccccc1. The van der Waals surface area contributed by atoms with Gasteiger partial charge < -0.3 is 13.9 Å². The number of aryl methyl sites for hydroxylation is 1. The number of furan rings is 1. The molecule has 1 amide bonds. The summed E-state index contributed by atoms with van der Waals surface area (Å²) in [5.41, 5.74) is 3.25. The molecule has 0 bridgehead atoms. The average Bonchev–Trinajstić information content (AvgIpc) is 3.51. The molecule has 8 heteroatoms. The fourth-order valence-corrected chi connectivity index (χ4v) is 5.83. The van der Waals surface area contributed by atoms with E-state index in [0.29, 0.717) is 31.0 Å². The summed E-state index contributed by atoms with van der Waals surface area (Å²) >= 11 is 0. The maximum Gasteiger partial charge on any atom is 0.228 e. The number of carbonyl (C=O) groups excluding carboxylic acids is 1. The van der Waals surface area contributed by atoms with Crippen LogP contribution >= 0.6 is 0 Å². The molecule has 2 aromatic carbocycles. The van der Waals surface area contributed by atoms with E-state index in [1.165, 1.54) is 0 Å². The molecule has 0 aliphatic heterocycles.